The van der Waals surface area contributed by atoms with Gasteiger partial charge < -0.3 is 33.8 Å². The molecule has 7 rings (SSSR count). The molecule has 2 saturated heterocycles. The summed E-state index contributed by atoms with van der Waals surface area (Å²) in [4.78, 5) is 41.1. The molecule has 0 amide bonds. The number of carbonyl (C=O) groups is 1. The maximum atomic E-state index is 13.4. The Morgan fingerprint density at radius 1 is 1.11 bits per heavy atom. The van der Waals surface area contributed by atoms with Gasteiger partial charge in [-0.25, -0.2) is 9.78 Å². The van der Waals surface area contributed by atoms with Crippen molar-refractivity contribution >= 4 is 51.6 Å². The summed E-state index contributed by atoms with van der Waals surface area (Å²) in [5.41, 5.74) is 0.990. The summed E-state index contributed by atoms with van der Waals surface area (Å²) in [7, 11) is 5.66. The number of hydrogen-bond acceptors (Lipinski definition) is 9. The van der Waals surface area contributed by atoms with Gasteiger partial charge in [0.1, 0.15) is 23.0 Å². The van der Waals surface area contributed by atoms with E-state index in [-0.39, 0.29) is 23.0 Å². The molecule has 1 aromatic carbocycles. The van der Waals surface area contributed by atoms with Gasteiger partial charge in [0.2, 0.25) is 17.2 Å². The Kier molecular flexibility index (Phi) is 7.50. The topological polar surface area (TPSA) is 113 Å². The number of carboxylic acids is 1. The van der Waals surface area contributed by atoms with Gasteiger partial charge in [0.15, 0.2) is 0 Å². The number of methoxy groups -OCH3 is 1. The van der Waals surface area contributed by atoms with Crippen LogP contribution in [0.1, 0.15) is 23.2 Å². The summed E-state index contributed by atoms with van der Waals surface area (Å²) in [5.74, 6) is 0.735. The lowest BCUT2D eigenvalue weighted by Gasteiger charge is -2.43. The molecule has 0 bridgehead atoms. The lowest BCUT2D eigenvalue weighted by atomic mass is 10.1. The minimum absolute atomic E-state index is 0.0188. The fourth-order valence-corrected chi connectivity index (χ4v) is 6.88. The number of carboxylic acid groups (broad SMARTS) is 1. The number of pyridine rings is 3. The van der Waals surface area contributed by atoms with Gasteiger partial charge in [-0.1, -0.05) is 23.2 Å². The molecular formula is C32H32Cl2N6O5. The fraction of sp³-hybridized carbons (Fsp3) is 0.375. The van der Waals surface area contributed by atoms with Crippen LogP contribution < -0.4 is 24.7 Å². The third-order valence-electron chi connectivity index (χ3n) is 9.13. The number of nitrogens with zero attached hydrogens (tertiary/aromatic N) is 6. The summed E-state index contributed by atoms with van der Waals surface area (Å²) >= 11 is 13.2. The molecule has 11 nitrogen and oxygen atoms in total. The van der Waals surface area contributed by atoms with Crippen molar-refractivity contribution in [2.24, 2.45) is 5.92 Å². The first-order valence-electron chi connectivity index (χ1n) is 14.7. The molecule has 3 aromatic heterocycles. The molecule has 0 unspecified atom stereocenters. The van der Waals surface area contributed by atoms with Gasteiger partial charge in [0, 0.05) is 42.8 Å². The molecule has 13 heteroatoms. The lowest BCUT2D eigenvalue weighted by Crippen LogP contribution is -2.57. The second-order valence-corrected chi connectivity index (χ2v) is 12.9. The molecule has 1 N–H and O–H groups in total. The van der Waals surface area contributed by atoms with Crippen molar-refractivity contribution in [2.75, 3.05) is 50.7 Å². The van der Waals surface area contributed by atoms with E-state index >= 15 is 0 Å². The largest absolute Gasteiger partial charge is 0.481 e. The van der Waals surface area contributed by atoms with Crippen LogP contribution in [-0.2, 0) is 0 Å². The highest BCUT2D eigenvalue weighted by Gasteiger charge is 2.52. The summed E-state index contributed by atoms with van der Waals surface area (Å²) < 4.78 is 13.0. The quantitative estimate of drug-likeness (QED) is 0.276. The molecule has 1 aliphatic carbocycles. The first kappa shape index (κ1) is 29.6. The van der Waals surface area contributed by atoms with Crippen molar-refractivity contribution < 1.29 is 19.4 Å². The summed E-state index contributed by atoms with van der Waals surface area (Å²) in [6.45, 7) is 2.09. The number of anilines is 2. The Morgan fingerprint density at radius 3 is 2.60 bits per heavy atom. The van der Waals surface area contributed by atoms with Crippen LogP contribution in [0.4, 0.5) is 11.5 Å². The van der Waals surface area contributed by atoms with Crippen LogP contribution in [0.15, 0.2) is 53.6 Å². The second kappa shape index (κ2) is 11.4. The summed E-state index contributed by atoms with van der Waals surface area (Å²) in [6, 6.07) is 11.4. The van der Waals surface area contributed by atoms with Gasteiger partial charge in [0.05, 0.1) is 41.3 Å². The van der Waals surface area contributed by atoms with Crippen molar-refractivity contribution in [2.45, 2.75) is 31.0 Å². The summed E-state index contributed by atoms with van der Waals surface area (Å²) in [6.07, 6.45) is 5.01. The van der Waals surface area contributed by atoms with E-state index in [1.165, 1.54) is 13.3 Å². The third-order valence-corrected chi connectivity index (χ3v) is 9.72. The van der Waals surface area contributed by atoms with E-state index < -0.39 is 11.4 Å². The predicted molar refractivity (Wildman–Crippen MR) is 173 cm³/mol. The van der Waals surface area contributed by atoms with Gasteiger partial charge in [0.25, 0.3) is 0 Å². The highest BCUT2D eigenvalue weighted by atomic mass is 35.5. The molecule has 4 aromatic rings. The van der Waals surface area contributed by atoms with Gasteiger partial charge in [-0.05, 0) is 63.2 Å². The number of hydrogen-bond donors (Lipinski definition) is 1. The van der Waals surface area contributed by atoms with Crippen molar-refractivity contribution in [1.82, 2.24) is 19.4 Å². The SMILES string of the molecule is COc1ccc(Cl)c(OC[C@H]2C[C@H]3C[C@H]3N2c2cc3c(cc2Cl)c(=O)c(C(=O)O)cn3-c2ccc(N3CC(N(C)C)C3)nc2)n1. The highest BCUT2D eigenvalue weighted by molar-refractivity contribution is 6.34. The van der Waals surface area contributed by atoms with E-state index in [4.69, 9.17) is 32.7 Å². The average molecular weight is 652 g/mol. The minimum Gasteiger partial charge on any atom is -0.481 e. The van der Waals surface area contributed by atoms with E-state index in [0.717, 1.165) is 37.4 Å². The number of aromatic carboxylic acids is 1. The monoisotopic (exact) mass is 650 g/mol. The Morgan fingerprint density at radius 2 is 1.91 bits per heavy atom. The maximum absolute atomic E-state index is 13.4. The number of aromatic nitrogens is 3. The number of rotatable bonds is 9. The van der Waals surface area contributed by atoms with E-state index in [1.807, 2.05) is 18.2 Å². The summed E-state index contributed by atoms with van der Waals surface area (Å²) in [5, 5.41) is 10.9. The molecule has 3 aliphatic rings. The van der Waals surface area contributed by atoms with E-state index in [2.05, 4.69) is 38.8 Å². The molecule has 45 heavy (non-hydrogen) atoms. The molecular weight excluding hydrogens is 619 g/mol. The van der Waals surface area contributed by atoms with Gasteiger partial charge in [-0.2, -0.15) is 4.98 Å². The van der Waals surface area contributed by atoms with Gasteiger partial charge in [-0.3, -0.25) is 4.79 Å². The molecule has 0 radical (unpaired) electrons. The van der Waals surface area contributed by atoms with Gasteiger partial charge >= 0.3 is 5.97 Å². The predicted octanol–water partition coefficient (Wildman–Crippen LogP) is 4.59. The van der Waals surface area contributed by atoms with Crippen LogP contribution in [0.5, 0.6) is 11.8 Å². The van der Waals surface area contributed by atoms with Crippen LogP contribution in [-0.4, -0.2) is 89.5 Å². The van der Waals surface area contributed by atoms with Crippen LogP contribution in [0.2, 0.25) is 10.0 Å². The zero-order valence-electron chi connectivity index (χ0n) is 25.0. The molecule has 0 spiro atoms. The molecule has 3 fully saturated rings. The average Bonchev–Trinajstić information content (AvgIpc) is 3.66. The van der Waals surface area contributed by atoms with Crippen LogP contribution in [0.3, 0.4) is 0 Å². The Hall–Kier alpha value is -4.06. The van der Waals surface area contributed by atoms with Crippen molar-refractivity contribution in [3.63, 3.8) is 0 Å². The number of piperidine rings is 1. The highest BCUT2D eigenvalue weighted by Crippen LogP contribution is 2.51. The smallest absolute Gasteiger partial charge is 0.341 e. The fourth-order valence-electron chi connectivity index (χ4n) is 6.45. The van der Waals surface area contributed by atoms with E-state index in [0.29, 0.717) is 51.6 Å². The first-order valence-corrected chi connectivity index (χ1v) is 15.5. The first-order chi connectivity index (χ1) is 21.6. The zero-order valence-corrected chi connectivity index (χ0v) is 26.5. The maximum Gasteiger partial charge on any atom is 0.341 e. The number of halogens is 2. The number of benzene rings is 1. The molecule has 234 valence electrons. The zero-order chi connectivity index (χ0) is 31.6. The number of likely N-dealkylation sites (N-methyl/N-ethyl adjacent to an activating group) is 1. The molecule has 2 aliphatic heterocycles. The Labute approximate surface area is 269 Å². The molecule has 1 saturated carbocycles. The number of ether oxygens (including phenoxy) is 2. The van der Waals surface area contributed by atoms with Crippen molar-refractivity contribution in [3.8, 4) is 17.4 Å². The van der Waals surface area contributed by atoms with E-state index in [1.54, 1.807) is 29.0 Å². The van der Waals surface area contributed by atoms with Crippen LogP contribution >= 0.6 is 23.2 Å². The van der Waals surface area contributed by atoms with Crippen molar-refractivity contribution in [1.29, 1.82) is 0 Å². The standard InChI is InChI=1S/C32H32Cl2N6O5/c1-37(2)20-13-38(14-20)28-6-4-18(12-35-28)39-15-22(32(42)43)30(41)21-10-24(34)27(11-26(21)39)40-19(8-17-9-25(17)40)16-45-31-23(33)5-7-29(36-31)44-3/h4-7,10-12,15,17,19-20,25H,8-9,13-14,16H2,1-3H3,(H,42,43)/t17-,19+,25+/m0/s1. The van der Waals surface area contributed by atoms with Crippen LogP contribution in [0.25, 0.3) is 16.6 Å². The third kappa shape index (κ3) is 5.32. The minimum atomic E-state index is -1.31. The van der Waals surface area contributed by atoms with E-state index in [9.17, 15) is 14.7 Å². The number of fused-ring (bicyclic) bond motifs is 2. The lowest BCUT2D eigenvalue weighted by molar-refractivity contribution is 0.0695. The molecule has 3 atom stereocenters. The van der Waals surface area contributed by atoms with Gasteiger partial charge in [-0.15, -0.1) is 0 Å². The normalized spacial score (nSPS) is 20.8. The van der Waals surface area contributed by atoms with Crippen molar-refractivity contribution in [3.05, 3.63) is 74.6 Å². The molecule has 5 heterocycles. The Balaban J connectivity index is 1.25. The van der Waals surface area contributed by atoms with Crippen LogP contribution in [0, 0.1) is 5.92 Å². The Bertz CT molecular complexity index is 1860. The second-order valence-electron chi connectivity index (χ2n) is 12.1.